The van der Waals surface area contributed by atoms with Gasteiger partial charge in [0, 0.05) is 28.2 Å². The third-order valence-electron chi connectivity index (χ3n) is 7.98. The predicted octanol–water partition coefficient (Wildman–Crippen LogP) is 7.97. The van der Waals surface area contributed by atoms with Crippen molar-refractivity contribution in [3.8, 4) is 28.6 Å². The number of fused-ring (bicyclic) bond motifs is 1. The maximum absolute atomic E-state index is 13.9. The van der Waals surface area contributed by atoms with E-state index < -0.39 is 0 Å². The standard InChI is InChI=1S/C36H40N4O3/c1-9-25(6)43-29-16-14-28(15-17-29)39-24(5)19-27(26(39)7)21-37-40-35(38-33-13-11-10-12-30(33)36(40)41)32-20-31(22(2)3)34(42-8)18-23(32)4/h10-22,25H,9H2,1-8H3/t25-/m0/s1. The zero-order chi connectivity index (χ0) is 30.8. The molecule has 7 nitrogen and oxygen atoms in total. The van der Waals surface area contributed by atoms with Gasteiger partial charge in [-0.1, -0.05) is 32.9 Å². The Balaban J connectivity index is 1.61. The third-order valence-corrected chi connectivity index (χ3v) is 7.98. The van der Waals surface area contributed by atoms with Gasteiger partial charge < -0.3 is 14.0 Å². The van der Waals surface area contributed by atoms with Crippen LogP contribution in [0.5, 0.6) is 11.5 Å². The van der Waals surface area contributed by atoms with Crippen molar-refractivity contribution >= 4 is 17.1 Å². The van der Waals surface area contributed by atoms with E-state index >= 15 is 0 Å². The number of aromatic nitrogens is 3. The summed E-state index contributed by atoms with van der Waals surface area (Å²) in [5.41, 5.74) is 7.28. The van der Waals surface area contributed by atoms with Crippen LogP contribution in [-0.4, -0.2) is 33.7 Å². The van der Waals surface area contributed by atoms with Crippen molar-refractivity contribution in [3.05, 3.63) is 105 Å². The van der Waals surface area contributed by atoms with Gasteiger partial charge in [-0.05, 0) is 106 Å². The molecule has 7 heteroatoms. The summed E-state index contributed by atoms with van der Waals surface area (Å²) in [6, 6.07) is 21.7. The van der Waals surface area contributed by atoms with Crippen LogP contribution in [0.4, 0.5) is 0 Å². The molecule has 0 bridgehead atoms. The van der Waals surface area contributed by atoms with Crippen molar-refractivity contribution in [2.45, 2.75) is 66.9 Å². The average Bonchev–Trinajstić information content (AvgIpc) is 3.28. The first-order valence-electron chi connectivity index (χ1n) is 14.8. The summed E-state index contributed by atoms with van der Waals surface area (Å²) in [6.45, 7) is 14.6. The summed E-state index contributed by atoms with van der Waals surface area (Å²) in [5, 5.41) is 5.30. The Bertz CT molecular complexity index is 1860. The van der Waals surface area contributed by atoms with Crippen molar-refractivity contribution in [2.24, 2.45) is 5.10 Å². The van der Waals surface area contributed by atoms with Crippen LogP contribution in [0, 0.1) is 20.8 Å². The van der Waals surface area contributed by atoms with Crippen molar-refractivity contribution < 1.29 is 9.47 Å². The number of para-hydroxylation sites is 1. The molecule has 5 rings (SSSR count). The molecule has 0 aliphatic heterocycles. The second-order valence-electron chi connectivity index (χ2n) is 11.4. The minimum absolute atomic E-state index is 0.167. The van der Waals surface area contributed by atoms with E-state index in [0.717, 1.165) is 57.2 Å². The molecule has 0 saturated carbocycles. The first-order valence-corrected chi connectivity index (χ1v) is 14.8. The number of rotatable bonds is 9. The SMILES string of the molecule is CC[C@H](C)Oc1ccc(-n2c(C)cc(C=Nn3c(-c4cc(C(C)C)c(OC)cc4C)nc4ccccc4c3=O)c2C)cc1. The van der Waals surface area contributed by atoms with Gasteiger partial charge in [0.05, 0.1) is 30.3 Å². The molecule has 0 unspecified atom stereocenters. The number of methoxy groups -OCH3 is 1. The van der Waals surface area contributed by atoms with E-state index in [1.165, 1.54) is 4.68 Å². The quantitative estimate of drug-likeness (QED) is 0.167. The van der Waals surface area contributed by atoms with Gasteiger partial charge in [-0.15, -0.1) is 0 Å². The Labute approximate surface area is 253 Å². The van der Waals surface area contributed by atoms with Crippen molar-refractivity contribution in [1.82, 2.24) is 14.2 Å². The lowest BCUT2D eigenvalue weighted by molar-refractivity contribution is 0.217. The molecule has 0 saturated heterocycles. The average molecular weight is 577 g/mol. The van der Waals surface area contributed by atoms with Crippen LogP contribution >= 0.6 is 0 Å². The lowest BCUT2D eigenvalue weighted by atomic mass is 9.96. The number of nitrogens with zero attached hydrogens (tertiary/aromatic N) is 4. The number of benzene rings is 3. The Morgan fingerprint density at radius 1 is 0.977 bits per heavy atom. The fraction of sp³-hybridized carbons (Fsp3) is 0.306. The Morgan fingerprint density at radius 2 is 1.70 bits per heavy atom. The van der Waals surface area contributed by atoms with E-state index in [2.05, 4.69) is 70.4 Å². The number of aryl methyl sites for hydroxylation is 2. The number of hydrogen-bond acceptors (Lipinski definition) is 5. The molecule has 0 spiro atoms. The van der Waals surface area contributed by atoms with Crippen LogP contribution in [-0.2, 0) is 0 Å². The zero-order valence-electron chi connectivity index (χ0n) is 26.3. The molecule has 0 aliphatic rings. The topological polar surface area (TPSA) is 70.6 Å². The molecule has 0 fully saturated rings. The van der Waals surface area contributed by atoms with E-state index in [9.17, 15) is 4.79 Å². The van der Waals surface area contributed by atoms with Crippen LogP contribution in [0.3, 0.4) is 0 Å². The highest BCUT2D eigenvalue weighted by molar-refractivity contribution is 5.84. The molecule has 2 heterocycles. The minimum Gasteiger partial charge on any atom is -0.496 e. The van der Waals surface area contributed by atoms with E-state index in [1.54, 1.807) is 19.4 Å². The highest BCUT2D eigenvalue weighted by Gasteiger charge is 2.19. The largest absolute Gasteiger partial charge is 0.496 e. The van der Waals surface area contributed by atoms with Crippen molar-refractivity contribution in [2.75, 3.05) is 7.11 Å². The summed E-state index contributed by atoms with van der Waals surface area (Å²) in [6.07, 6.45) is 2.87. The van der Waals surface area contributed by atoms with Gasteiger partial charge in [-0.25, -0.2) is 4.98 Å². The zero-order valence-corrected chi connectivity index (χ0v) is 26.3. The lowest BCUT2D eigenvalue weighted by Crippen LogP contribution is -2.21. The van der Waals surface area contributed by atoms with Gasteiger partial charge in [0.15, 0.2) is 5.82 Å². The smallest absolute Gasteiger partial charge is 0.282 e. The first-order chi connectivity index (χ1) is 20.6. The maximum atomic E-state index is 13.9. The Hall–Kier alpha value is -4.65. The molecule has 222 valence electrons. The second-order valence-corrected chi connectivity index (χ2v) is 11.4. The Kier molecular flexibility index (Phi) is 8.53. The van der Waals surface area contributed by atoms with Crippen LogP contribution in [0.1, 0.15) is 68.1 Å². The lowest BCUT2D eigenvalue weighted by Gasteiger charge is -2.17. The molecule has 2 aromatic heterocycles. The van der Waals surface area contributed by atoms with Gasteiger partial charge in [0.1, 0.15) is 11.5 Å². The van der Waals surface area contributed by atoms with E-state index in [0.29, 0.717) is 16.7 Å². The van der Waals surface area contributed by atoms with Gasteiger partial charge in [0.2, 0.25) is 0 Å². The molecule has 0 N–H and O–H groups in total. The maximum Gasteiger partial charge on any atom is 0.282 e. The molecule has 0 amide bonds. The Morgan fingerprint density at radius 3 is 2.37 bits per heavy atom. The summed E-state index contributed by atoms with van der Waals surface area (Å²) in [5.74, 6) is 2.39. The van der Waals surface area contributed by atoms with Crippen LogP contribution in [0.25, 0.3) is 28.0 Å². The fourth-order valence-corrected chi connectivity index (χ4v) is 5.40. The monoisotopic (exact) mass is 576 g/mol. The van der Waals surface area contributed by atoms with Gasteiger partial charge >= 0.3 is 0 Å². The molecular weight excluding hydrogens is 536 g/mol. The summed E-state index contributed by atoms with van der Waals surface area (Å²) in [4.78, 5) is 18.8. The number of hydrogen-bond donors (Lipinski definition) is 0. The van der Waals surface area contributed by atoms with Crippen LogP contribution in [0.2, 0.25) is 0 Å². The third kappa shape index (κ3) is 5.85. The van der Waals surface area contributed by atoms with E-state index in [1.807, 2.05) is 43.3 Å². The molecule has 1 atom stereocenters. The summed E-state index contributed by atoms with van der Waals surface area (Å²) in [7, 11) is 1.68. The second kappa shape index (κ2) is 12.3. The normalized spacial score (nSPS) is 12.4. The van der Waals surface area contributed by atoms with Gasteiger partial charge in [-0.2, -0.15) is 9.78 Å². The van der Waals surface area contributed by atoms with E-state index in [-0.39, 0.29) is 17.6 Å². The van der Waals surface area contributed by atoms with Crippen LogP contribution < -0.4 is 15.0 Å². The summed E-state index contributed by atoms with van der Waals surface area (Å²) >= 11 is 0. The molecule has 0 radical (unpaired) electrons. The van der Waals surface area contributed by atoms with Crippen molar-refractivity contribution in [1.29, 1.82) is 0 Å². The molecule has 3 aromatic carbocycles. The van der Waals surface area contributed by atoms with Crippen LogP contribution in [0.15, 0.2) is 76.6 Å². The molecular formula is C36H40N4O3. The van der Waals surface area contributed by atoms with Gasteiger partial charge in [-0.3, -0.25) is 4.79 Å². The molecule has 0 aliphatic carbocycles. The molecule has 5 aromatic rings. The predicted molar refractivity (Wildman–Crippen MR) is 175 cm³/mol. The minimum atomic E-state index is -0.219. The highest BCUT2D eigenvalue weighted by Crippen LogP contribution is 2.34. The highest BCUT2D eigenvalue weighted by atomic mass is 16.5. The first kappa shape index (κ1) is 29.8. The summed E-state index contributed by atoms with van der Waals surface area (Å²) < 4.78 is 15.2. The molecule has 43 heavy (non-hydrogen) atoms. The van der Waals surface area contributed by atoms with E-state index in [4.69, 9.17) is 19.6 Å². The van der Waals surface area contributed by atoms with Gasteiger partial charge in [0.25, 0.3) is 5.56 Å². The fourth-order valence-electron chi connectivity index (χ4n) is 5.40. The van der Waals surface area contributed by atoms with Crippen molar-refractivity contribution in [3.63, 3.8) is 0 Å². The number of ether oxygens (including phenoxy) is 2.